The molecule has 0 radical (unpaired) electrons. The van der Waals surface area contributed by atoms with Gasteiger partial charge in [-0.05, 0) is 19.8 Å². The zero-order chi connectivity index (χ0) is 15.2. The third-order valence-corrected chi connectivity index (χ3v) is 3.63. The summed E-state index contributed by atoms with van der Waals surface area (Å²) < 4.78 is 7.00. The number of β-amino-alcohol motifs (C(OH)–C–C–N with tert-alkyl or cyclic N) is 1. The van der Waals surface area contributed by atoms with E-state index in [1.54, 1.807) is 0 Å². The van der Waals surface area contributed by atoms with Gasteiger partial charge in [-0.3, -0.25) is 14.8 Å². The number of rotatable bonds is 7. The van der Waals surface area contributed by atoms with Gasteiger partial charge in [0.2, 0.25) is 0 Å². The van der Waals surface area contributed by atoms with Crippen LogP contribution in [0.1, 0.15) is 19.8 Å². The highest BCUT2D eigenvalue weighted by atomic mass is 16.6. The molecule has 0 saturated carbocycles. The normalized spacial score (nSPS) is 18.8. The molecule has 8 nitrogen and oxygen atoms in total. The molecule has 1 saturated heterocycles. The smallest absolute Gasteiger partial charge is 0.306 e. The molecule has 118 valence electrons. The molecule has 21 heavy (non-hydrogen) atoms. The SMILES string of the molecule is CCOC1CCN(CC(O)Cn2cc([N+](=O)[O-])cn2)CC1. The van der Waals surface area contributed by atoms with Gasteiger partial charge in [0.15, 0.2) is 0 Å². The van der Waals surface area contributed by atoms with E-state index in [2.05, 4.69) is 10.00 Å². The van der Waals surface area contributed by atoms with Crippen LogP contribution in [0.25, 0.3) is 0 Å². The number of nitro groups is 1. The fourth-order valence-electron chi connectivity index (χ4n) is 2.61. The van der Waals surface area contributed by atoms with Crippen LogP contribution in [0.5, 0.6) is 0 Å². The van der Waals surface area contributed by atoms with Gasteiger partial charge in [-0.2, -0.15) is 5.10 Å². The van der Waals surface area contributed by atoms with E-state index in [1.807, 2.05) is 6.92 Å². The molecule has 8 heteroatoms. The fraction of sp³-hybridized carbons (Fsp3) is 0.769. The molecule has 1 aromatic heterocycles. The lowest BCUT2D eigenvalue weighted by atomic mass is 10.1. The number of hydrogen-bond acceptors (Lipinski definition) is 6. The van der Waals surface area contributed by atoms with E-state index >= 15 is 0 Å². The number of nitrogens with zero attached hydrogens (tertiary/aromatic N) is 4. The lowest BCUT2D eigenvalue weighted by Crippen LogP contribution is -2.42. The summed E-state index contributed by atoms with van der Waals surface area (Å²) in [5.41, 5.74) is -0.0558. The van der Waals surface area contributed by atoms with Crippen LogP contribution >= 0.6 is 0 Å². The maximum absolute atomic E-state index is 10.6. The van der Waals surface area contributed by atoms with E-state index in [0.29, 0.717) is 12.6 Å². The maximum Gasteiger partial charge on any atom is 0.306 e. The van der Waals surface area contributed by atoms with Crippen molar-refractivity contribution in [3.05, 3.63) is 22.5 Å². The van der Waals surface area contributed by atoms with Gasteiger partial charge in [0.25, 0.3) is 0 Å². The molecule has 1 N–H and O–H groups in total. The Morgan fingerprint density at radius 3 is 2.81 bits per heavy atom. The van der Waals surface area contributed by atoms with Crippen molar-refractivity contribution in [2.24, 2.45) is 0 Å². The lowest BCUT2D eigenvalue weighted by molar-refractivity contribution is -0.385. The second-order valence-electron chi connectivity index (χ2n) is 5.29. The molecule has 0 bridgehead atoms. The minimum Gasteiger partial charge on any atom is -0.390 e. The summed E-state index contributed by atoms with van der Waals surface area (Å²) in [7, 11) is 0. The van der Waals surface area contributed by atoms with Gasteiger partial charge in [-0.25, -0.2) is 0 Å². The summed E-state index contributed by atoms with van der Waals surface area (Å²) >= 11 is 0. The molecule has 0 amide bonds. The van der Waals surface area contributed by atoms with E-state index in [0.717, 1.165) is 32.5 Å². The van der Waals surface area contributed by atoms with Crippen LogP contribution in [0.3, 0.4) is 0 Å². The van der Waals surface area contributed by atoms with Gasteiger partial charge >= 0.3 is 5.69 Å². The van der Waals surface area contributed by atoms with Crippen LogP contribution < -0.4 is 0 Å². The molecule has 0 spiro atoms. The highest BCUT2D eigenvalue weighted by Crippen LogP contribution is 2.14. The van der Waals surface area contributed by atoms with Crippen molar-refractivity contribution in [3.63, 3.8) is 0 Å². The molecule has 1 atom stereocenters. The van der Waals surface area contributed by atoms with Crippen LogP contribution in [-0.4, -0.2) is 63.2 Å². The Bertz CT molecular complexity index is 457. The Morgan fingerprint density at radius 2 is 2.24 bits per heavy atom. The first-order valence-corrected chi connectivity index (χ1v) is 7.27. The van der Waals surface area contributed by atoms with Crippen molar-refractivity contribution in [3.8, 4) is 0 Å². The van der Waals surface area contributed by atoms with Gasteiger partial charge in [-0.15, -0.1) is 0 Å². The Balaban J connectivity index is 1.74. The number of ether oxygens (including phenoxy) is 1. The minimum absolute atomic E-state index is 0.0558. The third kappa shape index (κ3) is 4.76. The summed E-state index contributed by atoms with van der Waals surface area (Å²) in [5.74, 6) is 0. The summed E-state index contributed by atoms with van der Waals surface area (Å²) in [6.07, 6.45) is 4.23. The van der Waals surface area contributed by atoms with Crippen molar-refractivity contribution in [2.75, 3.05) is 26.2 Å². The predicted molar refractivity (Wildman–Crippen MR) is 76.0 cm³/mol. The molecule has 1 aliphatic heterocycles. The van der Waals surface area contributed by atoms with Gasteiger partial charge in [0.05, 0.1) is 23.7 Å². The molecule has 0 aromatic carbocycles. The summed E-state index contributed by atoms with van der Waals surface area (Å²) in [4.78, 5) is 12.3. The van der Waals surface area contributed by atoms with Crippen molar-refractivity contribution >= 4 is 5.69 Å². The minimum atomic E-state index is -0.590. The number of aliphatic hydroxyl groups excluding tert-OH is 1. The first-order valence-electron chi connectivity index (χ1n) is 7.27. The fourth-order valence-corrected chi connectivity index (χ4v) is 2.61. The topological polar surface area (TPSA) is 93.7 Å². The molecule has 0 aliphatic carbocycles. The number of aliphatic hydroxyl groups is 1. The standard InChI is InChI=1S/C13H22N4O4/c1-2-21-13-3-5-15(6-4-13)9-12(18)10-16-8-11(7-14-16)17(19)20/h7-8,12-13,18H,2-6,9-10H2,1H3. The maximum atomic E-state index is 10.6. The zero-order valence-corrected chi connectivity index (χ0v) is 12.2. The lowest BCUT2D eigenvalue weighted by Gasteiger charge is -2.32. The molecule has 2 rings (SSSR count). The van der Waals surface area contributed by atoms with Crippen LogP contribution in [0.4, 0.5) is 5.69 Å². The quantitative estimate of drug-likeness (QED) is 0.587. The number of likely N-dealkylation sites (tertiary alicyclic amines) is 1. The van der Waals surface area contributed by atoms with Crippen LogP contribution in [0.2, 0.25) is 0 Å². The summed E-state index contributed by atoms with van der Waals surface area (Å²) in [6.45, 7) is 5.36. The van der Waals surface area contributed by atoms with Crippen LogP contribution in [0.15, 0.2) is 12.4 Å². The van der Waals surface area contributed by atoms with Crippen molar-refractivity contribution in [1.82, 2.24) is 14.7 Å². The molecular weight excluding hydrogens is 276 g/mol. The van der Waals surface area contributed by atoms with Crippen molar-refractivity contribution in [2.45, 2.75) is 38.5 Å². The molecule has 1 fully saturated rings. The van der Waals surface area contributed by atoms with Gasteiger partial charge in [0.1, 0.15) is 12.4 Å². The van der Waals surface area contributed by atoms with E-state index in [1.165, 1.54) is 17.1 Å². The zero-order valence-electron chi connectivity index (χ0n) is 12.2. The third-order valence-electron chi connectivity index (χ3n) is 3.63. The van der Waals surface area contributed by atoms with Gasteiger partial charge < -0.3 is 14.7 Å². The average molecular weight is 298 g/mol. The summed E-state index contributed by atoms with van der Waals surface area (Å²) in [6, 6.07) is 0. The Morgan fingerprint density at radius 1 is 1.52 bits per heavy atom. The number of aromatic nitrogens is 2. The number of hydrogen-bond donors (Lipinski definition) is 1. The van der Waals surface area contributed by atoms with E-state index in [-0.39, 0.29) is 12.2 Å². The largest absolute Gasteiger partial charge is 0.390 e. The molecular formula is C13H22N4O4. The first-order chi connectivity index (χ1) is 10.1. The molecule has 1 aliphatic rings. The Hall–Kier alpha value is -1.51. The van der Waals surface area contributed by atoms with Gasteiger partial charge in [-0.1, -0.05) is 0 Å². The van der Waals surface area contributed by atoms with Gasteiger partial charge in [0, 0.05) is 26.2 Å². The Kier molecular flexibility index (Phi) is 5.66. The van der Waals surface area contributed by atoms with E-state index in [9.17, 15) is 15.2 Å². The summed E-state index contributed by atoms with van der Waals surface area (Å²) in [5, 5.41) is 24.5. The van der Waals surface area contributed by atoms with Crippen molar-refractivity contribution < 1.29 is 14.8 Å². The molecule has 1 aromatic rings. The predicted octanol–water partition coefficient (Wildman–Crippen LogP) is 0.653. The highest BCUT2D eigenvalue weighted by molar-refractivity contribution is 5.20. The van der Waals surface area contributed by atoms with E-state index in [4.69, 9.17) is 4.74 Å². The van der Waals surface area contributed by atoms with E-state index < -0.39 is 11.0 Å². The Labute approximate surface area is 123 Å². The molecule has 2 heterocycles. The van der Waals surface area contributed by atoms with Crippen LogP contribution in [-0.2, 0) is 11.3 Å². The average Bonchev–Trinajstić information content (AvgIpc) is 2.90. The van der Waals surface area contributed by atoms with Crippen molar-refractivity contribution in [1.29, 1.82) is 0 Å². The molecule has 1 unspecified atom stereocenters. The second-order valence-corrected chi connectivity index (χ2v) is 5.29. The number of piperidine rings is 1. The highest BCUT2D eigenvalue weighted by Gasteiger charge is 2.21. The monoisotopic (exact) mass is 298 g/mol. The first kappa shape index (κ1) is 15.9. The van der Waals surface area contributed by atoms with Crippen LogP contribution in [0, 0.1) is 10.1 Å². The second kappa shape index (κ2) is 7.48.